The number of carbonyl (C=O) groups excluding carboxylic acids is 3. The maximum atomic E-state index is 12.2. The van der Waals surface area contributed by atoms with Crippen LogP contribution < -0.4 is 10.2 Å². The Labute approximate surface area is 148 Å². The number of aryl methyl sites for hydroxylation is 1. The van der Waals surface area contributed by atoms with Crippen molar-refractivity contribution in [1.29, 1.82) is 0 Å². The summed E-state index contributed by atoms with van der Waals surface area (Å²) < 4.78 is 0. The van der Waals surface area contributed by atoms with E-state index in [1.54, 1.807) is 4.90 Å². The fraction of sp³-hybridized carbons (Fsp3) is 0.526. The van der Waals surface area contributed by atoms with Gasteiger partial charge in [-0.05, 0) is 31.9 Å². The predicted octanol–water partition coefficient (Wildman–Crippen LogP) is 1.13. The third-order valence-corrected chi connectivity index (χ3v) is 5.13. The number of nitrogens with one attached hydrogen (secondary N) is 1. The molecule has 1 saturated heterocycles. The molecule has 0 unspecified atom stereocenters. The maximum absolute atomic E-state index is 12.2. The van der Waals surface area contributed by atoms with E-state index in [-0.39, 0.29) is 24.2 Å². The van der Waals surface area contributed by atoms with Crippen molar-refractivity contribution in [3.05, 3.63) is 29.8 Å². The Morgan fingerprint density at radius 3 is 2.24 bits per heavy atom. The van der Waals surface area contributed by atoms with Crippen LogP contribution in [0.25, 0.3) is 0 Å². The van der Waals surface area contributed by atoms with Gasteiger partial charge in [-0.15, -0.1) is 0 Å². The highest BCUT2D eigenvalue weighted by atomic mass is 16.2. The third-order valence-electron chi connectivity index (χ3n) is 5.13. The smallest absolute Gasteiger partial charge is 0.288 e. The van der Waals surface area contributed by atoms with E-state index in [0.29, 0.717) is 13.1 Å². The summed E-state index contributed by atoms with van der Waals surface area (Å²) in [5.41, 5.74) is 2.39. The number of hydrogen-bond donors (Lipinski definition) is 1. The molecule has 0 bridgehead atoms. The molecule has 0 spiro atoms. The predicted molar refractivity (Wildman–Crippen MR) is 95.3 cm³/mol. The van der Waals surface area contributed by atoms with Gasteiger partial charge in [0.05, 0.1) is 6.54 Å². The van der Waals surface area contributed by atoms with E-state index in [1.165, 1.54) is 5.56 Å². The Morgan fingerprint density at radius 1 is 1.04 bits per heavy atom. The molecule has 25 heavy (non-hydrogen) atoms. The molecule has 2 fully saturated rings. The summed E-state index contributed by atoms with van der Waals surface area (Å²) in [6.45, 7) is 4.75. The van der Waals surface area contributed by atoms with Crippen molar-refractivity contribution in [2.24, 2.45) is 5.92 Å². The second-order valence-electron chi connectivity index (χ2n) is 6.88. The lowest BCUT2D eigenvalue weighted by Crippen LogP contribution is -2.52. The van der Waals surface area contributed by atoms with Gasteiger partial charge in [0.2, 0.25) is 11.7 Å². The van der Waals surface area contributed by atoms with Crippen molar-refractivity contribution < 1.29 is 14.4 Å². The van der Waals surface area contributed by atoms with Gasteiger partial charge in [0.1, 0.15) is 0 Å². The van der Waals surface area contributed by atoms with Crippen LogP contribution in [-0.2, 0) is 14.4 Å². The monoisotopic (exact) mass is 343 g/mol. The van der Waals surface area contributed by atoms with Crippen molar-refractivity contribution in [3.8, 4) is 0 Å². The van der Waals surface area contributed by atoms with E-state index in [2.05, 4.69) is 41.4 Å². The number of amides is 2. The first kappa shape index (κ1) is 17.5. The highest BCUT2D eigenvalue weighted by Crippen LogP contribution is 2.26. The van der Waals surface area contributed by atoms with Gasteiger partial charge < -0.3 is 15.1 Å². The Hall–Kier alpha value is -2.37. The standard InChI is InChI=1S/C19H25N3O3/c1-14-5-7-16(8-6-14)21-9-11-22(12-10-21)17(23)13-20-19(25)18(24)15-3-2-4-15/h5-8,15H,2-4,9-13H2,1H3,(H,20,25). The molecule has 1 aromatic carbocycles. The molecule has 1 aliphatic carbocycles. The van der Waals surface area contributed by atoms with Crippen LogP contribution >= 0.6 is 0 Å². The minimum Gasteiger partial charge on any atom is -0.368 e. The number of Topliss-reactive ketones (excluding diaryl/α,β-unsaturated/α-hetero) is 1. The molecule has 3 rings (SSSR count). The van der Waals surface area contributed by atoms with Crippen LogP contribution in [0.15, 0.2) is 24.3 Å². The van der Waals surface area contributed by atoms with Gasteiger partial charge in [0.25, 0.3) is 5.91 Å². The average molecular weight is 343 g/mol. The van der Waals surface area contributed by atoms with E-state index in [0.717, 1.165) is 38.0 Å². The number of carbonyl (C=O) groups is 3. The molecule has 1 aliphatic heterocycles. The zero-order valence-electron chi connectivity index (χ0n) is 14.7. The number of hydrogen-bond acceptors (Lipinski definition) is 4. The third kappa shape index (κ3) is 4.18. The normalized spacial score (nSPS) is 17.8. The van der Waals surface area contributed by atoms with Gasteiger partial charge in [0, 0.05) is 37.8 Å². The molecular formula is C19H25N3O3. The van der Waals surface area contributed by atoms with Crippen molar-refractivity contribution in [2.45, 2.75) is 26.2 Å². The number of piperazine rings is 1. The van der Waals surface area contributed by atoms with E-state index in [1.807, 2.05) is 0 Å². The fourth-order valence-electron chi connectivity index (χ4n) is 3.18. The molecule has 6 heteroatoms. The number of anilines is 1. The quantitative estimate of drug-likeness (QED) is 0.814. The first-order valence-corrected chi connectivity index (χ1v) is 8.96. The summed E-state index contributed by atoms with van der Waals surface area (Å²) in [6.07, 6.45) is 2.59. The lowest BCUT2D eigenvalue weighted by Gasteiger charge is -2.36. The molecule has 1 saturated carbocycles. The number of ketones is 1. The van der Waals surface area contributed by atoms with Crippen LogP contribution in [0, 0.1) is 12.8 Å². The maximum Gasteiger partial charge on any atom is 0.288 e. The Balaban J connectivity index is 1.42. The topological polar surface area (TPSA) is 69.7 Å². The highest BCUT2D eigenvalue weighted by molar-refractivity contribution is 6.37. The van der Waals surface area contributed by atoms with Gasteiger partial charge in [-0.2, -0.15) is 0 Å². The largest absolute Gasteiger partial charge is 0.368 e. The molecule has 0 aromatic heterocycles. The van der Waals surface area contributed by atoms with Gasteiger partial charge in [-0.3, -0.25) is 14.4 Å². The van der Waals surface area contributed by atoms with Crippen LogP contribution in [0.3, 0.4) is 0 Å². The molecule has 1 N–H and O–H groups in total. The minimum absolute atomic E-state index is 0.0954. The lowest BCUT2D eigenvalue weighted by molar-refractivity contribution is -0.142. The molecular weight excluding hydrogens is 318 g/mol. The summed E-state index contributed by atoms with van der Waals surface area (Å²) >= 11 is 0. The van der Waals surface area contributed by atoms with Crippen LogP contribution in [0.2, 0.25) is 0 Å². The minimum atomic E-state index is -0.614. The van der Waals surface area contributed by atoms with Crippen molar-refractivity contribution >= 4 is 23.3 Å². The summed E-state index contributed by atoms with van der Waals surface area (Å²) in [4.78, 5) is 39.8. The summed E-state index contributed by atoms with van der Waals surface area (Å²) in [6, 6.07) is 8.36. The zero-order valence-corrected chi connectivity index (χ0v) is 14.7. The van der Waals surface area contributed by atoms with Crippen LogP contribution in [0.4, 0.5) is 5.69 Å². The molecule has 134 valence electrons. The van der Waals surface area contributed by atoms with Gasteiger partial charge in [-0.1, -0.05) is 24.1 Å². The van der Waals surface area contributed by atoms with Gasteiger partial charge in [0.15, 0.2) is 0 Å². The fourth-order valence-corrected chi connectivity index (χ4v) is 3.18. The molecule has 0 atom stereocenters. The summed E-state index contributed by atoms with van der Waals surface area (Å²) in [5, 5.41) is 2.48. The van der Waals surface area contributed by atoms with Crippen molar-refractivity contribution in [2.75, 3.05) is 37.6 Å². The lowest BCUT2D eigenvalue weighted by atomic mass is 9.82. The molecule has 2 aliphatic rings. The number of benzene rings is 1. The van der Waals surface area contributed by atoms with Crippen LogP contribution in [0.5, 0.6) is 0 Å². The van der Waals surface area contributed by atoms with Crippen molar-refractivity contribution in [3.63, 3.8) is 0 Å². The van der Waals surface area contributed by atoms with E-state index in [9.17, 15) is 14.4 Å². The second kappa shape index (κ2) is 7.68. The van der Waals surface area contributed by atoms with Gasteiger partial charge >= 0.3 is 0 Å². The average Bonchev–Trinajstić information content (AvgIpc) is 2.58. The van der Waals surface area contributed by atoms with E-state index < -0.39 is 5.91 Å². The molecule has 0 radical (unpaired) electrons. The zero-order chi connectivity index (χ0) is 17.8. The SMILES string of the molecule is Cc1ccc(N2CCN(C(=O)CNC(=O)C(=O)C3CCC3)CC2)cc1. The highest BCUT2D eigenvalue weighted by Gasteiger charge is 2.30. The first-order chi connectivity index (χ1) is 12.0. The van der Waals surface area contributed by atoms with E-state index in [4.69, 9.17) is 0 Å². The van der Waals surface area contributed by atoms with Crippen LogP contribution in [0.1, 0.15) is 24.8 Å². The Morgan fingerprint density at radius 2 is 1.68 bits per heavy atom. The second-order valence-corrected chi connectivity index (χ2v) is 6.88. The Bertz CT molecular complexity index is 644. The first-order valence-electron chi connectivity index (χ1n) is 8.96. The molecule has 1 aromatic rings. The summed E-state index contributed by atoms with van der Waals surface area (Å²) in [5.74, 6) is -1.24. The summed E-state index contributed by atoms with van der Waals surface area (Å²) in [7, 11) is 0. The van der Waals surface area contributed by atoms with E-state index >= 15 is 0 Å². The van der Waals surface area contributed by atoms with Crippen molar-refractivity contribution in [1.82, 2.24) is 10.2 Å². The number of rotatable bonds is 5. The molecule has 2 amide bonds. The molecule has 6 nitrogen and oxygen atoms in total. The molecule has 1 heterocycles. The Kier molecular flexibility index (Phi) is 5.36. The van der Waals surface area contributed by atoms with Crippen LogP contribution in [-0.4, -0.2) is 55.2 Å². The van der Waals surface area contributed by atoms with Gasteiger partial charge in [-0.25, -0.2) is 0 Å². The number of nitrogens with zero attached hydrogens (tertiary/aromatic N) is 2.